The molecule has 0 fully saturated rings. The Morgan fingerprint density at radius 1 is 1.14 bits per heavy atom. The van der Waals surface area contributed by atoms with Crippen molar-refractivity contribution >= 4 is 21.4 Å². The molecule has 0 saturated carbocycles. The van der Waals surface area contributed by atoms with Crippen molar-refractivity contribution in [2.75, 3.05) is 12.8 Å². The van der Waals surface area contributed by atoms with Crippen molar-refractivity contribution in [1.82, 2.24) is 19.9 Å². The van der Waals surface area contributed by atoms with Crippen LogP contribution in [0.3, 0.4) is 0 Å². The van der Waals surface area contributed by atoms with Crippen LogP contribution in [0.1, 0.15) is 29.7 Å². The van der Waals surface area contributed by atoms with Gasteiger partial charge in [0.1, 0.15) is 0 Å². The SMILES string of the molecule is Cc1cc2ncc(CCCNC(=O)CCc3ccc(S(C)(=O)=O)cc3)cn2n1. The average Bonchev–Trinajstić information content (AvgIpc) is 3.02. The Morgan fingerprint density at radius 2 is 1.89 bits per heavy atom. The lowest BCUT2D eigenvalue weighted by molar-refractivity contribution is -0.121. The fraction of sp³-hybridized carbons (Fsp3) is 0.350. The molecule has 0 bridgehead atoms. The number of carbonyl (C=O) groups is 1. The first kappa shape index (κ1) is 20.0. The molecule has 148 valence electrons. The predicted molar refractivity (Wildman–Crippen MR) is 107 cm³/mol. The molecule has 7 nitrogen and oxygen atoms in total. The Morgan fingerprint density at radius 3 is 2.61 bits per heavy atom. The highest BCUT2D eigenvalue weighted by atomic mass is 32.2. The van der Waals surface area contributed by atoms with Crippen molar-refractivity contribution < 1.29 is 13.2 Å². The summed E-state index contributed by atoms with van der Waals surface area (Å²) in [7, 11) is -3.19. The molecule has 0 aliphatic rings. The Kier molecular flexibility index (Phi) is 6.08. The van der Waals surface area contributed by atoms with Gasteiger partial charge in [-0.15, -0.1) is 0 Å². The maximum Gasteiger partial charge on any atom is 0.220 e. The van der Waals surface area contributed by atoms with Gasteiger partial charge in [0.2, 0.25) is 5.91 Å². The van der Waals surface area contributed by atoms with E-state index in [-0.39, 0.29) is 5.91 Å². The summed E-state index contributed by atoms with van der Waals surface area (Å²) in [6, 6.07) is 8.59. The first-order chi connectivity index (χ1) is 13.3. The van der Waals surface area contributed by atoms with E-state index in [1.807, 2.05) is 25.4 Å². The molecule has 0 spiro atoms. The zero-order chi connectivity index (χ0) is 20.1. The van der Waals surface area contributed by atoms with Crippen molar-refractivity contribution in [3.63, 3.8) is 0 Å². The number of nitrogens with zero attached hydrogens (tertiary/aromatic N) is 3. The molecule has 0 aliphatic carbocycles. The minimum Gasteiger partial charge on any atom is -0.356 e. The van der Waals surface area contributed by atoms with E-state index in [2.05, 4.69) is 15.4 Å². The molecule has 1 amide bonds. The van der Waals surface area contributed by atoms with Gasteiger partial charge in [-0.1, -0.05) is 12.1 Å². The maximum absolute atomic E-state index is 12.0. The van der Waals surface area contributed by atoms with E-state index in [9.17, 15) is 13.2 Å². The summed E-state index contributed by atoms with van der Waals surface area (Å²) in [6.07, 6.45) is 7.58. The quantitative estimate of drug-likeness (QED) is 0.585. The number of amides is 1. The maximum atomic E-state index is 12.0. The van der Waals surface area contributed by atoms with E-state index in [0.29, 0.717) is 24.3 Å². The molecule has 0 unspecified atom stereocenters. The van der Waals surface area contributed by atoms with Crippen LogP contribution in [0.25, 0.3) is 5.65 Å². The zero-order valence-electron chi connectivity index (χ0n) is 16.1. The van der Waals surface area contributed by atoms with Crippen LogP contribution in [0.4, 0.5) is 0 Å². The Labute approximate surface area is 164 Å². The minimum absolute atomic E-state index is 0.0107. The van der Waals surface area contributed by atoms with Gasteiger partial charge >= 0.3 is 0 Å². The summed E-state index contributed by atoms with van der Waals surface area (Å²) in [6.45, 7) is 2.53. The average molecular weight is 401 g/mol. The lowest BCUT2D eigenvalue weighted by Crippen LogP contribution is -2.25. The summed E-state index contributed by atoms with van der Waals surface area (Å²) in [4.78, 5) is 16.7. The van der Waals surface area contributed by atoms with E-state index in [0.717, 1.165) is 35.3 Å². The van der Waals surface area contributed by atoms with Gasteiger partial charge in [-0.2, -0.15) is 5.10 Å². The van der Waals surface area contributed by atoms with Crippen LogP contribution in [-0.4, -0.2) is 41.7 Å². The lowest BCUT2D eigenvalue weighted by Gasteiger charge is -2.06. The van der Waals surface area contributed by atoms with E-state index in [1.165, 1.54) is 6.26 Å². The minimum atomic E-state index is -3.19. The smallest absolute Gasteiger partial charge is 0.220 e. The van der Waals surface area contributed by atoms with Crippen LogP contribution in [0.15, 0.2) is 47.6 Å². The summed E-state index contributed by atoms with van der Waals surface area (Å²) in [5.74, 6) is -0.0107. The normalized spacial score (nSPS) is 11.6. The number of aromatic nitrogens is 3. The highest BCUT2D eigenvalue weighted by Gasteiger charge is 2.07. The summed E-state index contributed by atoms with van der Waals surface area (Å²) in [5, 5.41) is 7.28. The van der Waals surface area contributed by atoms with Crippen molar-refractivity contribution in [1.29, 1.82) is 0 Å². The monoisotopic (exact) mass is 400 g/mol. The van der Waals surface area contributed by atoms with Crippen LogP contribution in [0.2, 0.25) is 0 Å². The van der Waals surface area contributed by atoms with Gasteiger partial charge < -0.3 is 5.32 Å². The standard InChI is InChI=1S/C20H24N4O3S/c1-15-12-19-22-13-17(14-24(19)23-15)4-3-11-21-20(25)10-7-16-5-8-18(9-6-16)28(2,26)27/h5-6,8-9,12-14H,3-4,7,10-11H2,1-2H3,(H,21,25). The number of hydrogen-bond acceptors (Lipinski definition) is 5. The van der Waals surface area contributed by atoms with E-state index in [4.69, 9.17) is 0 Å². The fourth-order valence-corrected chi connectivity index (χ4v) is 3.56. The molecule has 0 saturated heterocycles. The van der Waals surface area contributed by atoms with E-state index < -0.39 is 9.84 Å². The van der Waals surface area contributed by atoms with Gasteiger partial charge in [0.05, 0.1) is 10.6 Å². The lowest BCUT2D eigenvalue weighted by atomic mass is 10.1. The highest BCUT2D eigenvalue weighted by Crippen LogP contribution is 2.11. The number of aryl methyl sites for hydroxylation is 3. The van der Waals surface area contributed by atoms with Crippen LogP contribution < -0.4 is 5.32 Å². The largest absolute Gasteiger partial charge is 0.356 e. The third-order valence-electron chi connectivity index (χ3n) is 4.45. The summed E-state index contributed by atoms with van der Waals surface area (Å²) < 4.78 is 24.7. The summed E-state index contributed by atoms with van der Waals surface area (Å²) >= 11 is 0. The molecular weight excluding hydrogens is 376 g/mol. The van der Waals surface area contributed by atoms with Crippen LogP contribution in [0, 0.1) is 6.92 Å². The van der Waals surface area contributed by atoms with Gasteiger partial charge in [0.25, 0.3) is 0 Å². The first-order valence-electron chi connectivity index (χ1n) is 9.18. The zero-order valence-corrected chi connectivity index (χ0v) is 16.9. The number of nitrogens with one attached hydrogen (secondary N) is 1. The van der Waals surface area contributed by atoms with Crippen LogP contribution in [0.5, 0.6) is 0 Å². The Balaban J connectivity index is 1.39. The number of fused-ring (bicyclic) bond motifs is 1. The second-order valence-corrected chi connectivity index (χ2v) is 8.94. The van der Waals surface area contributed by atoms with Crippen LogP contribution >= 0.6 is 0 Å². The predicted octanol–water partition coefficient (Wildman–Crippen LogP) is 2.12. The molecule has 0 aliphatic heterocycles. The van der Waals surface area contributed by atoms with Crippen molar-refractivity contribution in [3.05, 3.63) is 59.5 Å². The van der Waals surface area contributed by atoms with Crippen molar-refractivity contribution in [2.45, 2.75) is 37.5 Å². The molecule has 2 aromatic heterocycles. The van der Waals surface area contributed by atoms with Gasteiger partial charge in [0, 0.05) is 37.7 Å². The van der Waals surface area contributed by atoms with Crippen LogP contribution in [-0.2, 0) is 27.5 Å². The number of benzene rings is 1. The van der Waals surface area contributed by atoms with Gasteiger partial charge in [-0.3, -0.25) is 4.79 Å². The van der Waals surface area contributed by atoms with Gasteiger partial charge in [0.15, 0.2) is 15.5 Å². The molecule has 1 aromatic carbocycles. The second kappa shape index (κ2) is 8.52. The number of sulfone groups is 1. The molecule has 28 heavy (non-hydrogen) atoms. The summed E-state index contributed by atoms with van der Waals surface area (Å²) in [5.41, 5.74) is 3.79. The molecule has 1 N–H and O–H groups in total. The van der Waals surface area contributed by atoms with Crippen molar-refractivity contribution in [3.8, 4) is 0 Å². The first-order valence-corrected chi connectivity index (χ1v) is 11.1. The molecule has 8 heteroatoms. The number of rotatable bonds is 8. The highest BCUT2D eigenvalue weighted by molar-refractivity contribution is 7.90. The van der Waals surface area contributed by atoms with Crippen molar-refractivity contribution in [2.24, 2.45) is 0 Å². The topological polar surface area (TPSA) is 93.4 Å². The molecule has 3 rings (SSSR count). The third kappa shape index (κ3) is 5.39. The Hall–Kier alpha value is -2.74. The van der Waals surface area contributed by atoms with Gasteiger partial charge in [-0.05, 0) is 49.4 Å². The third-order valence-corrected chi connectivity index (χ3v) is 5.57. The Bertz CT molecular complexity index is 1070. The molecule has 0 radical (unpaired) electrons. The van der Waals surface area contributed by atoms with Gasteiger partial charge in [-0.25, -0.2) is 17.9 Å². The molecule has 3 aromatic rings. The number of carbonyl (C=O) groups excluding carboxylic acids is 1. The number of hydrogen-bond donors (Lipinski definition) is 1. The van der Waals surface area contributed by atoms with E-state index in [1.54, 1.807) is 28.8 Å². The fourth-order valence-electron chi connectivity index (χ4n) is 2.93. The van der Waals surface area contributed by atoms with E-state index >= 15 is 0 Å². The molecule has 0 atom stereocenters. The second-order valence-electron chi connectivity index (χ2n) is 6.92. The molecular formula is C20H24N4O3S. The molecule has 2 heterocycles.